The van der Waals surface area contributed by atoms with Crippen LogP contribution in [0.15, 0.2) is 71.1 Å². The number of furan rings is 1. The summed E-state index contributed by atoms with van der Waals surface area (Å²) in [6.07, 6.45) is 0.849. The van der Waals surface area contributed by atoms with Gasteiger partial charge in [0.25, 0.3) is 0 Å². The Kier molecular flexibility index (Phi) is 5.15. The van der Waals surface area contributed by atoms with Gasteiger partial charge in [-0.15, -0.1) is 0 Å². The number of methoxy groups -OCH3 is 1. The molecule has 0 saturated carbocycles. The number of rotatable bonds is 7. The van der Waals surface area contributed by atoms with Crippen molar-refractivity contribution in [2.75, 3.05) is 13.7 Å². The van der Waals surface area contributed by atoms with E-state index in [0.717, 1.165) is 33.4 Å². The quantitative estimate of drug-likeness (QED) is 0.247. The summed E-state index contributed by atoms with van der Waals surface area (Å²) < 4.78 is 22.0. The molecule has 0 saturated heterocycles. The Labute approximate surface area is 162 Å². The number of carbonyl (C=O) groups excluding carboxylic acids is 1. The highest BCUT2D eigenvalue weighted by Crippen LogP contribution is 2.31. The molecule has 1 aromatic heterocycles. The Morgan fingerprint density at radius 2 is 1.57 bits per heavy atom. The fraction of sp³-hybridized carbons (Fsp3) is 0.174. The summed E-state index contributed by atoms with van der Waals surface area (Å²) in [6.45, 7) is 0.437. The van der Waals surface area contributed by atoms with Crippen LogP contribution in [-0.2, 0) is 4.79 Å². The minimum atomic E-state index is -0.287. The monoisotopic (exact) mass is 376 g/mol. The lowest BCUT2D eigenvalue weighted by Gasteiger charge is -2.07. The summed E-state index contributed by atoms with van der Waals surface area (Å²) in [6, 6.07) is 20.5. The second-order valence-corrected chi connectivity index (χ2v) is 6.36. The molecule has 0 amide bonds. The van der Waals surface area contributed by atoms with E-state index < -0.39 is 0 Å². The van der Waals surface area contributed by atoms with Crippen LogP contribution in [-0.4, -0.2) is 19.7 Å². The van der Waals surface area contributed by atoms with E-state index in [0.29, 0.717) is 18.8 Å². The Morgan fingerprint density at radius 3 is 2.39 bits per heavy atom. The zero-order valence-electron chi connectivity index (χ0n) is 15.5. The average molecular weight is 376 g/mol. The number of ether oxygens (including phenoxy) is 3. The molecule has 4 rings (SSSR count). The molecule has 3 aromatic carbocycles. The van der Waals surface area contributed by atoms with Crippen molar-refractivity contribution < 1.29 is 23.4 Å². The largest absolute Gasteiger partial charge is 0.497 e. The summed E-state index contributed by atoms with van der Waals surface area (Å²) >= 11 is 0. The van der Waals surface area contributed by atoms with Gasteiger partial charge in [-0.2, -0.15) is 0 Å². The number of carbonyl (C=O) groups is 1. The van der Waals surface area contributed by atoms with E-state index >= 15 is 0 Å². The number of hydrogen-bond donors (Lipinski definition) is 0. The van der Waals surface area contributed by atoms with Crippen molar-refractivity contribution in [1.29, 1.82) is 0 Å². The Bertz CT molecular complexity index is 1100. The third kappa shape index (κ3) is 3.93. The highest BCUT2D eigenvalue weighted by atomic mass is 16.5. The summed E-state index contributed by atoms with van der Waals surface area (Å²) in [7, 11) is 1.62. The van der Waals surface area contributed by atoms with E-state index in [1.54, 1.807) is 13.2 Å². The molecule has 0 atom stereocenters. The van der Waals surface area contributed by atoms with Gasteiger partial charge in [-0.05, 0) is 55.0 Å². The van der Waals surface area contributed by atoms with E-state index in [-0.39, 0.29) is 12.4 Å². The van der Waals surface area contributed by atoms with Gasteiger partial charge in [0.05, 0.1) is 13.7 Å². The number of fused-ring (bicyclic) bond motifs is 3. The second kappa shape index (κ2) is 8.05. The Morgan fingerprint density at radius 1 is 0.857 bits per heavy atom. The van der Waals surface area contributed by atoms with Gasteiger partial charge in [-0.25, -0.2) is 0 Å². The maximum Gasteiger partial charge on any atom is 0.311 e. The van der Waals surface area contributed by atoms with Gasteiger partial charge < -0.3 is 18.6 Å². The van der Waals surface area contributed by atoms with Crippen molar-refractivity contribution in [2.45, 2.75) is 12.8 Å². The Hall–Kier alpha value is -3.47. The molecular weight excluding hydrogens is 356 g/mol. The van der Waals surface area contributed by atoms with E-state index in [2.05, 4.69) is 0 Å². The van der Waals surface area contributed by atoms with E-state index in [1.807, 2.05) is 60.7 Å². The second-order valence-electron chi connectivity index (χ2n) is 6.36. The molecule has 0 aliphatic carbocycles. The topological polar surface area (TPSA) is 57.9 Å². The van der Waals surface area contributed by atoms with Gasteiger partial charge in [0, 0.05) is 17.2 Å². The van der Waals surface area contributed by atoms with Crippen LogP contribution < -0.4 is 14.2 Å². The summed E-state index contributed by atoms with van der Waals surface area (Å²) in [4.78, 5) is 12.1. The van der Waals surface area contributed by atoms with E-state index in [9.17, 15) is 4.79 Å². The van der Waals surface area contributed by atoms with Crippen molar-refractivity contribution in [1.82, 2.24) is 0 Å². The first kappa shape index (κ1) is 17.9. The number of para-hydroxylation sites is 1. The minimum absolute atomic E-state index is 0.278. The third-order valence-corrected chi connectivity index (χ3v) is 4.43. The van der Waals surface area contributed by atoms with Crippen molar-refractivity contribution in [2.24, 2.45) is 0 Å². The molecule has 28 heavy (non-hydrogen) atoms. The maximum atomic E-state index is 12.1. The molecule has 0 fully saturated rings. The molecule has 5 heteroatoms. The fourth-order valence-electron chi connectivity index (χ4n) is 3.03. The van der Waals surface area contributed by atoms with Gasteiger partial charge in [0.2, 0.25) is 0 Å². The van der Waals surface area contributed by atoms with Crippen LogP contribution in [0.25, 0.3) is 21.9 Å². The van der Waals surface area contributed by atoms with Gasteiger partial charge in [-0.3, -0.25) is 4.79 Å². The van der Waals surface area contributed by atoms with Crippen LogP contribution in [0.3, 0.4) is 0 Å². The van der Waals surface area contributed by atoms with E-state index in [1.165, 1.54) is 0 Å². The van der Waals surface area contributed by atoms with Crippen LogP contribution in [0.2, 0.25) is 0 Å². The SMILES string of the molecule is COc1ccc(OCCCC(=O)Oc2ccc3oc4ccccc4c3c2)cc1. The van der Waals surface area contributed by atoms with Crippen molar-refractivity contribution in [3.8, 4) is 17.2 Å². The minimum Gasteiger partial charge on any atom is -0.497 e. The highest BCUT2D eigenvalue weighted by Gasteiger charge is 2.10. The molecule has 0 spiro atoms. The van der Waals surface area contributed by atoms with Gasteiger partial charge in [0.1, 0.15) is 28.4 Å². The molecule has 142 valence electrons. The van der Waals surface area contributed by atoms with Gasteiger partial charge in [-0.1, -0.05) is 18.2 Å². The van der Waals surface area contributed by atoms with Crippen LogP contribution in [0.4, 0.5) is 0 Å². The molecule has 4 aromatic rings. The van der Waals surface area contributed by atoms with Crippen LogP contribution in [0, 0.1) is 0 Å². The highest BCUT2D eigenvalue weighted by molar-refractivity contribution is 6.05. The first-order valence-corrected chi connectivity index (χ1v) is 9.12. The molecule has 0 unspecified atom stereocenters. The summed E-state index contributed by atoms with van der Waals surface area (Å²) in [5, 5.41) is 1.94. The fourth-order valence-corrected chi connectivity index (χ4v) is 3.03. The maximum absolute atomic E-state index is 12.1. The summed E-state index contributed by atoms with van der Waals surface area (Å²) in [5.41, 5.74) is 1.59. The molecule has 5 nitrogen and oxygen atoms in total. The molecule has 0 aliphatic heterocycles. The van der Waals surface area contributed by atoms with Crippen LogP contribution >= 0.6 is 0 Å². The molecule has 1 heterocycles. The molecular formula is C23H20O5. The first-order chi connectivity index (χ1) is 13.7. The number of hydrogen-bond acceptors (Lipinski definition) is 5. The number of benzene rings is 3. The molecule has 0 radical (unpaired) electrons. The van der Waals surface area contributed by atoms with Crippen molar-refractivity contribution in [3.05, 3.63) is 66.7 Å². The normalized spacial score (nSPS) is 10.9. The lowest BCUT2D eigenvalue weighted by molar-refractivity contribution is -0.134. The lowest BCUT2D eigenvalue weighted by atomic mass is 10.1. The van der Waals surface area contributed by atoms with Crippen LogP contribution in [0.1, 0.15) is 12.8 Å². The smallest absolute Gasteiger partial charge is 0.311 e. The van der Waals surface area contributed by atoms with E-state index in [4.69, 9.17) is 18.6 Å². The zero-order chi connectivity index (χ0) is 19.3. The molecule has 0 bridgehead atoms. The number of esters is 1. The van der Waals surface area contributed by atoms with Crippen LogP contribution in [0.5, 0.6) is 17.2 Å². The lowest BCUT2D eigenvalue weighted by Crippen LogP contribution is -2.09. The average Bonchev–Trinajstić information content (AvgIpc) is 3.10. The Balaban J connectivity index is 1.31. The van der Waals surface area contributed by atoms with Crippen molar-refractivity contribution >= 4 is 27.9 Å². The first-order valence-electron chi connectivity index (χ1n) is 9.12. The van der Waals surface area contributed by atoms with Crippen molar-refractivity contribution in [3.63, 3.8) is 0 Å². The predicted octanol–water partition coefficient (Wildman–Crippen LogP) is 5.36. The molecule has 0 aliphatic rings. The standard InChI is InChI=1S/C23H20O5/c1-25-16-8-10-17(11-9-16)26-14-4-7-23(24)27-18-12-13-22-20(15-18)19-5-2-3-6-21(19)28-22/h2-3,5-6,8-13,15H,4,7,14H2,1H3. The summed E-state index contributed by atoms with van der Waals surface area (Å²) in [5.74, 6) is 1.75. The predicted molar refractivity (Wildman–Crippen MR) is 107 cm³/mol. The van der Waals surface area contributed by atoms with Gasteiger partial charge in [0.15, 0.2) is 0 Å². The third-order valence-electron chi connectivity index (χ3n) is 4.43. The van der Waals surface area contributed by atoms with Gasteiger partial charge >= 0.3 is 5.97 Å². The molecule has 0 N–H and O–H groups in total. The zero-order valence-corrected chi connectivity index (χ0v) is 15.5.